The summed E-state index contributed by atoms with van der Waals surface area (Å²) in [7, 11) is 1.11. The van der Waals surface area contributed by atoms with Crippen LogP contribution >= 0.6 is 0 Å². The molecule has 2 amide bonds. The quantitative estimate of drug-likeness (QED) is 0.830. The topological polar surface area (TPSA) is 67.4 Å². The van der Waals surface area contributed by atoms with Gasteiger partial charge in [0.2, 0.25) is 5.91 Å². The molecule has 0 saturated carbocycles. The second-order valence-corrected chi connectivity index (χ2v) is 5.04. The van der Waals surface area contributed by atoms with Gasteiger partial charge in [0.1, 0.15) is 11.9 Å². The third-order valence-electron chi connectivity index (χ3n) is 2.95. The first-order valence-corrected chi connectivity index (χ1v) is 6.58. The number of halogens is 4. The summed E-state index contributed by atoms with van der Waals surface area (Å²) in [6.45, 7) is 3.26. The Hall–Kier alpha value is -2.32. The van der Waals surface area contributed by atoms with Crippen molar-refractivity contribution in [3.8, 4) is 0 Å². The van der Waals surface area contributed by atoms with Gasteiger partial charge in [0, 0.05) is 5.69 Å². The first-order chi connectivity index (χ1) is 10.6. The van der Waals surface area contributed by atoms with Gasteiger partial charge < -0.3 is 15.4 Å². The van der Waals surface area contributed by atoms with Crippen LogP contribution in [0, 0.1) is 11.7 Å². The van der Waals surface area contributed by atoms with Crippen molar-refractivity contribution in [3.63, 3.8) is 0 Å². The number of carbonyl (C=O) groups is 2. The Bertz CT molecular complexity index is 588. The second kappa shape index (κ2) is 7.30. The standard InChI is InChI=1S/C14H16F4N2O3/c1-7(2)11(20-13(22)23-3)12(21)19-8-4-5-10(15)9(6-8)14(16,17)18/h4-7,11H,1-3H3,(H,19,21)(H,20,22). The van der Waals surface area contributed by atoms with Crippen LogP contribution in [-0.4, -0.2) is 25.2 Å². The summed E-state index contributed by atoms with van der Waals surface area (Å²) in [5.74, 6) is -2.54. The van der Waals surface area contributed by atoms with E-state index in [1.807, 2.05) is 0 Å². The molecule has 0 fully saturated rings. The largest absolute Gasteiger partial charge is 0.453 e. The molecule has 5 nitrogen and oxygen atoms in total. The Morgan fingerprint density at radius 3 is 2.30 bits per heavy atom. The fourth-order valence-corrected chi connectivity index (χ4v) is 1.76. The molecule has 0 aliphatic carbocycles. The van der Waals surface area contributed by atoms with Gasteiger partial charge in [-0.1, -0.05) is 13.8 Å². The minimum atomic E-state index is -4.88. The minimum Gasteiger partial charge on any atom is -0.453 e. The van der Waals surface area contributed by atoms with Crippen LogP contribution in [0.3, 0.4) is 0 Å². The number of alkyl halides is 3. The van der Waals surface area contributed by atoms with Gasteiger partial charge in [0.05, 0.1) is 12.7 Å². The maximum Gasteiger partial charge on any atom is 0.419 e. The van der Waals surface area contributed by atoms with E-state index in [1.54, 1.807) is 13.8 Å². The third-order valence-corrected chi connectivity index (χ3v) is 2.95. The predicted octanol–water partition coefficient (Wildman–Crippen LogP) is 3.16. The van der Waals surface area contributed by atoms with E-state index < -0.39 is 35.6 Å². The molecule has 1 rings (SSSR count). The molecule has 0 radical (unpaired) electrons. The van der Waals surface area contributed by atoms with Crippen molar-refractivity contribution in [2.24, 2.45) is 5.92 Å². The normalized spacial score (nSPS) is 12.7. The molecule has 0 bridgehead atoms. The van der Waals surface area contributed by atoms with Gasteiger partial charge in [0.25, 0.3) is 0 Å². The van der Waals surface area contributed by atoms with E-state index >= 15 is 0 Å². The number of ether oxygens (including phenoxy) is 1. The van der Waals surface area contributed by atoms with Gasteiger partial charge >= 0.3 is 12.3 Å². The molecule has 1 unspecified atom stereocenters. The van der Waals surface area contributed by atoms with E-state index in [0.29, 0.717) is 12.1 Å². The highest BCUT2D eigenvalue weighted by Gasteiger charge is 2.34. The van der Waals surface area contributed by atoms with Crippen molar-refractivity contribution in [3.05, 3.63) is 29.6 Å². The van der Waals surface area contributed by atoms with E-state index in [2.05, 4.69) is 15.4 Å². The van der Waals surface area contributed by atoms with Crippen molar-refractivity contribution in [1.82, 2.24) is 5.32 Å². The Kier molecular flexibility index (Phi) is 5.94. The van der Waals surface area contributed by atoms with E-state index in [4.69, 9.17) is 0 Å². The Morgan fingerprint density at radius 1 is 1.22 bits per heavy atom. The van der Waals surface area contributed by atoms with E-state index in [1.165, 1.54) is 0 Å². The summed E-state index contributed by atoms with van der Waals surface area (Å²) in [5.41, 5.74) is -1.72. The summed E-state index contributed by atoms with van der Waals surface area (Å²) in [6.07, 6.45) is -5.74. The van der Waals surface area contributed by atoms with Crippen LogP contribution in [0.5, 0.6) is 0 Å². The van der Waals surface area contributed by atoms with Gasteiger partial charge in [0.15, 0.2) is 0 Å². The van der Waals surface area contributed by atoms with Crippen LogP contribution in [0.4, 0.5) is 28.0 Å². The van der Waals surface area contributed by atoms with Crippen molar-refractivity contribution >= 4 is 17.7 Å². The molecule has 0 spiro atoms. The fourth-order valence-electron chi connectivity index (χ4n) is 1.76. The number of anilines is 1. The molecular weight excluding hydrogens is 320 g/mol. The zero-order chi connectivity index (χ0) is 17.8. The van der Waals surface area contributed by atoms with Crippen molar-refractivity contribution in [2.45, 2.75) is 26.1 Å². The van der Waals surface area contributed by atoms with Crippen LogP contribution in [0.1, 0.15) is 19.4 Å². The Balaban J connectivity index is 2.97. The smallest absolute Gasteiger partial charge is 0.419 e. The summed E-state index contributed by atoms with van der Waals surface area (Å²) < 4.78 is 55.5. The molecule has 0 aliphatic rings. The van der Waals surface area contributed by atoms with Gasteiger partial charge in [-0.25, -0.2) is 9.18 Å². The van der Waals surface area contributed by atoms with Crippen LogP contribution in [0.25, 0.3) is 0 Å². The van der Waals surface area contributed by atoms with E-state index in [-0.39, 0.29) is 11.6 Å². The molecule has 0 saturated heterocycles. The highest BCUT2D eigenvalue weighted by Crippen LogP contribution is 2.33. The molecule has 1 aromatic rings. The number of alkyl carbamates (subject to hydrolysis) is 1. The highest BCUT2D eigenvalue weighted by molar-refractivity contribution is 5.96. The first-order valence-electron chi connectivity index (χ1n) is 6.58. The van der Waals surface area contributed by atoms with Gasteiger partial charge in [-0.2, -0.15) is 13.2 Å². The highest BCUT2D eigenvalue weighted by atomic mass is 19.4. The average Bonchev–Trinajstić information content (AvgIpc) is 2.44. The molecular formula is C14H16F4N2O3. The zero-order valence-corrected chi connectivity index (χ0v) is 12.6. The Morgan fingerprint density at radius 2 is 1.83 bits per heavy atom. The molecule has 2 N–H and O–H groups in total. The van der Waals surface area contributed by atoms with Crippen LogP contribution in [-0.2, 0) is 15.7 Å². The molecule has 1 atom stereocenters. The third kappa shape index (κ3) is 5.11. The first kappa shape index (κ1) is 18.7. The number of hydrogen-bond acceptors (Lipinski definition) is 3. The van der Waals surface area contributed by atoms with Gasteiger partial charge in [-0.05, 0) is 24.1 Å². The summed E-state index contributed by atoms with van der Waals surface area (Å²) in [4.78, 5) is 23.3. The minimum absolute atomic E-state index is 0.235. The number of hydrogen-bond donors (Lipinski definition) is 2. The molecule has 128 valence electrons. The monoisotopic (exact) mass is 336 g/mol. The van der Waals surface area contributed by atoms with Crippen molar-refractivity contribution < 1.29 is 31.9 Å². The second-order valence-electron chi connectivity index (χ2n) is 5.04. The molecule has 9 heteroatoms. The summed E-state index contributed by atoms with van der Waals surface area (Å²) in [6, 6.07) is 1.07. The number of amides is 2. The number of benzene rings is 1. The summed E-state index contributed by atoms with van der Waals surface area (Å²) in [5, 5.41) is 4.49. The average molecular weight is 336 g/mol. The fraction of sp³-hybridized carbons (Fsp3) is 0.429. The predicted molar refractivity (Wildman–Crippen MR) is 74.2 cm³/mol. The molecule has 0 aliphatic heterocycles. The number of carbonyl (C=O) groups excluding carboxylic acids is 2. The van der Waals surface area contributed by atoms with Crippen LogP contribution < -0.4 is 10.6 Å². The molecule has 0 aromatic heterocycles. The number of methoxy groups -OCH3 is 1. The lowest BCUT2D eigenvalue weighted by Gasteiger charge is -2.21. The number of nitrogens with one attached hydrogen (secondary N) is 2. The van der Waals surface area contributed by atoms with Crippen LogP contribution in [0.2, 0.25) is 0 Å². The molecule has 1 aromatic carbocycles. The van der Waals surface area contributed by atoms with Crippen molar-refractivity contribution in [2.75, 3.05) is 12.4 Å². The van der Waals surface area contributed by atoms with Gasteiger partial charge in [-0.15, -0.1) is 0 Å². The number of rotatable bonds is 4. The molecule has 0 heterocycles. The van der Waals surface area contributed by atoms with Gasteiger partial charge in [-0.3, -0.25) is 4.79 Å². The van der Waals surface area contributed by atoms with E-state index in [9.17, 15) is 27.2 Å². The van der Waals surface area contributed by atoms with Crippen LogP contribution in [0.15, 0.2) is 18.2 Å². The maximum absolute atomic E-state index is 13.2. The lowest BCUT2D eigenvalue weighted by Crippen LogP contribution is -2.47. The Labute approximate surface area is 130 Å². The molecule has 23 heavy (non-hydrogen) atoms. The maximum atomic E-state index is 13.2. The lowest BCUT2D eigenvalue weighted by molar-refractivity contribution is -0.140. The summed E-state index contributed by atoms with van der Waals surface area (Å²) >= 11 is 0. The van der Waals surface area contributed by atoms with E-state index in [0.717, 1.165) is 13.2 Å². The SMILES string of the molecule is COC(=O)NC(C(=O)Nc1ccc(F)c(C(F)(F)F)c1)C(C)C. The van der Waals surface area contributed by atoms with Crippen molar-refractivity contribution in [1.29, 1.82) is 0 Å². The zero-order valence-electron chi connectivity index (χ0n) is 12.6. The lowest BCUT2D eigenvalue weighted by atomic mass is 10.0.